The molecule has 1 fully saturated rings. The molecule has 1 saturated heterocycles. The van der Waals surface area contributed by atoms with E-state index in [2.05, 4.69) is 20.2 Å². The zero-order valence-corrected chi connectivity index (χ0v) is 9.95. The predicted molar refractivity (Wildman–Crippen MR) is 66.8 cm³/mol. The highest BCUT2D eigenvalue weighted by atomic mass is 15.3. The van der Waals surface area contributed by atoms with Crippen molar-refractivity contribution in [1.82, 2.24) is 9.97 Å². The molecule has 1 aliphatic rings. The SMILES string of the molecule is CNc1nc(N2CCCCC2)nc(C)c1N. The van der Waals surface area contributed by atoms with E-state index in [1.807, 2.05) is 14.0 Å². The fourth-order valence-corrected chi connectivity index (χ4v) is 1.99. The molecule has 0 spiro atoms. The largest absolute Gasteiger partial charge is 0.394 e. The third kappa shape index (κ3) is 2.03. The number of aromatic nitrogens is 2. The molecule has 16 heavy (non-hydrogen) atoms. The average molecular weight is 221 g/mol. The number of anilines is 3. The summed E-state index contributed by atoms with van der Waals surface area (Å²) in [5, 5.41) is 3.01. The zero-order chi connectivity index (χ0) is 11.5. The Kier molecular flexibility index (Phi) is 3.12. The lowest BCUT2D eigenvalue weighted by Gasteiger charge is -2.27. The number of hydrogen-bond acceptors (Lipinski definition) is 5. The summed E-state index contributed by atoms with van der Waals surface area (Å²) >= 11 is 0. The van der Waals surface area contributed by atoms with Gasteiger partial charge >= 0.3 is 0 Å². The van der Waals surface area contributed by atoms with Crippen molar-refractivity contribution in [3.05, 3.63) is 5.69 Å². The first-order chi connectivity index (χ1) is 7.72. The molecule has 0 atom stereocenters. The standard InChI is InChI=1S/C11H19N5/c1-8-9(12)10(13-2)15-11(14-8)16-6-4-3-5-7-16/h3-7,12H2,1-2H3,(H,13,14,15). The first kappa shape index (κ1) is 11.0. The Bertz CT molecular complexity index is 371. The first-order valence-corrected chi connectivity index (χ1v) is 5.79. The number of nitrogens with two attached hydrogens (primary N) is 1. The van der Waals surface area contributed by atoms with Gasteiger partial charge in [-0.15, -0.1) is 0 Å². The van der Waals surface area contributed by atoms with Crippen molar-refractivity contribution < 1.29 is 0 Å². The number of piperidine rings is 1. The van der Waals surface area contributed by atoms with Crippen molar-refractivity contribution in [2.24, 2.45) is 0 Å². The highest BCUT2D eigenvalue weighted by Crippen LogP contribution is 2.23. The molecular formula is C11H19N5. The number of aryl methyl sites for hydroxylation is 1. The maximum absolute atomic E-state index is 5.89. The van der Waals surface area contributed by atoms with Crippen LogP contribution in [0.15, 0.2) is 0 Å². The minimum absolute atomic E-state index is 0.642. The monoisotopic (exact) mass is 221 g/mol. The second kappa shape index (κ2) is 4.55. The van der Waals surface area contributed by atoms with Gasteiger partial charge in [0.15, 0.2) is 5.82 Å². The smallest absolute Gasteiger partial charge is 0.227 e. The van der Waals surface area contributed by atoms with Gasteiger partial charge in [-0.05, 0) is 26.2 Å². The lowest BCUT2D eigenvalue weighted by molar-refractivity contribution is 0.568. The quantitative estimate of drug-likeness (QED) is 0.790. The van der Waals surface area contributed by atoms with Crippen LogP contribution in [0.5, 0.6) is 0 Å². The van der Waals surface area contributed by atoms with E-state index in [0.29, 0.717) is 5.69 Å². The summed E-state index contributed by atoms with van der Waals surface area (Å²) < 4.78 is 0. The molecule has 1 aromatic heterocycles. The van der Waals surface area contributed by atoms with E-state index in [0.717, 1.165) is 30.5 Å². The number of hydrogen-bond donors (Lipinski definition) is 2. The van der Waals surface area contributed by atoms with Gasteiger partial charge < -0.3 is 16.0 Å². The lowest BCUT2D eigenvalue weighted by atomic mass is 10.1. The van der Waals surface area contributed by atoms with Crippen molar-refractivity contribution >= 4 is 17.5 Å². The molecule has 1 aromatic rings. The Balaban J connectivity index is 2.29. The number of nitrogens with one attached hydrogen (secondary N) is 1. The second-order valence-corrected chi connectivity index (χ2v) is 4.17. The van der Waals surface area contributed by atoms with Gasteiger partial charge in [0.05, 0.1) is 11.4 Å². The Morgan fingerprint density at radius 3 is 2.50 bits per heavy atom. The fourth-order valence-electron chi connectivity index (χ4n) is 1.99. The molecule has 0 saturated carbocycles. The molecule has 2 rings (SSSR count). The Labute approximate surface area is 96.1 Å². The molecule has 3 N–H and O–H groups in total. The van der Waals surface area contributed by atoms with Gasteiger partial charge in [-0.25, -0.2) is 4.98 Å². The van der Waals surface area contributed by atoms with E-state index in [1.54, 1.807) is 0 Å². The first-order valence-electron chi connectivity index (χ1n) is 5.79. The molecule has 5 heteroatoms. The summed E-state index contributed by atoms with van der Waals surface area (Å²) in [5.74, 6) is 1.53. The van der Waals surface area contributed by atoms with Gasteiger partial charge in [-0.2, -0.15) is 4.98 Å². The predicted octanol–water partition coefficient (Wildman–Crippen LogP) is 1.40. The van der Waals surface area contributed by atoms with Crippen LogP contribution < -0.4 is 16.0 Å². The van der Waals surface area contributed by atoms with Crippen LogP contribution in [0.25, 0.3) is 0 Å². The normalized spacial score (nSPS) is 16.2. The molecule has 5 nitrogen and oxygen atoms in total. The third-order valence-electron chi connectivity index (χ3n) is 3.00. The van der Waals surface area contributed by atoms with E-state index in [-0.39, 0.29) is 0 Å². The summed E-state index contributed by atoms with van der Waals surface area (Å²) in [6.07, 6.45) is 3.76. The minimum Gasteiger partial charge on any atom is -0.394 e. The van der Waals surface area contributed by atoms with Gasteiger partial charge in [0, 0.05) is 20.1 Å². The summed E-state index contributed by atoms with van der Waals surface area (Å²) in [4.78, 5) is 11.1. The van der Waals surface area contributed by atoms with E-state index < -0.39 is 0 Å². The molecular weight excluding hydrogens is 202 g/mol. The molecule has 0 unspecified atom stereocenters. The zero-order valence-electron chi connectivity index (χ0n) is 9.95. The minimum atomic E-state index is 0.642. The van der Waals surface area contributed by atoms with E-state index in [9.17, 15) is 0 Å². The number of nitrogens with zero attached hydrogens (tertiary/aromatic N) is 3. The van der Waals surface area contributed by atoms with Crippen molar-refractivity contribution in [2.75, 3.05) is 36.1 Å². The summed E-state index contributed by atoms with van der Waals surface area (Å²) in [5.41, 5.74) is 7.37. The van der Waals surface area contributed by atoms with Crippen LogP contribution in [0.3, 0.4) is 0 Å². The van der Waals surface area contributed by atoms with Gasteiger partial charge in [-0.1, -0.05) is 0 Å². The van der Waals surface area contributed by atoms with Crippen molar-refractivity contribution in [1.29, 1.82) is 0 Å². The van der Waals surface area contributed by atoms with E-state index in [4.69, 9.17) is 5.73 Å². The molecule has 0 radical (unpaired) electrons. The Hall–Kier alpha value is -1.52. The molecule has 0 bridgehead atoms. The summed E-state index contributed by atoms with van der Waals surface area (Å²) in [6, 6.07) is 0. The summed E-state index contributed by atoms with van der Waals surface area (Å²) in [7, 11) is 1.83. The molecule has 0 aromatic carbocycles. The van der Waals surface area contributed by atoms with Crippen molar-refractivity contribution in [3.8, 4) is 0 Å². The van der Waals surface area contributed by atoms with E-state index in [1.165, 1.54) is 19.3 Å². The molecule has 0 amide bonds. The summed E-state index contributed by atoms with van der Waals surface area (Å²) in [6.45, 7) is 4.02. The molecule has 2 heterocycles. The average Bonchev–Trinajstić information content (AvgIpc) is 2.33. The second-order valence-electron chi connectivity index (χ2n) is 4.17. The van der Waals surface area contributed by atoms with E-state index >= 15 is 0 Å². The third-order valence-corrected chi connectivity index (χ3v) is 3.00. The Morgan fingerprint density at radius 2 is 1.88 bits per heavy atom. The van der Waals surface area contributed by atoms with Crippen molar-refractivity contribution in [3.63, 3.8) is 0 Å². The highest BCUT2D eigenvalue weighted by Gasteiger charge is 2.16. The van der Waals surface area contributed by atoms with Crippen LogP contribution in [0.4, 0.5) is 17.5 Å². The van der Waals surface area contributed by atoms with Crippen LogP contribution in [0, 0.1) is 6.92 Å². The number of nitrogen functional groups attached to an aromatic ring is 1. The van der Waals surface area contributed by atoms with Crippen molar-refractivity contribution in [2.45, 2.75) is 26.2 Å². The van der Waals surface area contributed by atoms with Crippen LogP contribution in [-0.2, 0) is 0 Å². The van der Waals surface area contributed by atoms with Crippen LogP contribution in [0.2, 0.25) is 0 Å². The van der Waals surface area contributed by atoms with Gasteiger partial charge in [0.2, 0.25) is 5.95 Å². The van der Waals surface area contributed by atoms with Gasteiger partial charge in [-0.3, -0.25) is 0 Å². The highest BCUT2D eigenvalue weighted by molar-refractivity contribution is 5.65. The van der Waals surface area contributed by atoms with Crippen LogP contribution in [0.1, 0.15) is 25.0 Å². The van der Waals surface area contributed by atoms with Crippen LogP contribution >= 0.6 is 0 Å². The maximum atomic E-state index is 5.89. The maximum Gasteiger partial charge on any atom is 0.227 e. The lowest BCUT2D eigenvalue weighted by Crippen LogP contribution is -2.31. The fraction of sp³-hybridized carbons (Fsp3) is 0.636. The van der Waals surface area contributed by atoms with Gasteiger partial charge in [0.1, 0.15) is 0 Å². The van der Waals surface area contributed by atoms with Gasteiger partial charge in [0.25, 0.3) is 0 Å². The molecule has 88 valence electrons. The molecule has 0 aliphatic carbocycles. The van der Waals surface area contributed by atoms with Crippen LogP contribution in [-0.4, -0.2) is 30.1 Å². The topological polar surface area (TPSA) is 67.1 Å². The Morgan fingerprint density at radius 1 is 1.19 bits per heavy atom. The number of rotatable bonds is 2. The molecule has 1 aliphatic heterocycles.